The molecule has 0 fully saturated rings. The predicted molar refractivity (Wildman–Crippen MR) is 75.7 cm³/mol. The molecule has 2 aromatic rings. The van der Waals surface area contributed by atoms with Gasteiger partial charge in [0, 0.05) is 29.9 Å². The van der Waals surface area contributed by atoms with Crippen molar-refractivity contribution >= 4 is 16.9 Å². The number of hydrogen-bond acceptors (Lipinski definition) is 3. The molecule has 2 rings (SSSR count). The van der Waals surface area contributed by atoms with Gasteiger partial charge in [0.15, 0.2) is 0 Å². The van der Waals surface area contributed by atoms with Gasteiger partial charge in [-0.3, -0.25) is 4.79 Å². The summed E-state index contributed by atoms with van der Waals surface area (Å²) >= 11 is 0. The lowest BCUT2D eigenvalue weighted by molar-refractivity contribution is -0.121. The number of aromatic amines is 1. The van der Waals surface area contributed by atoms with Crippen molar-refractivity contribution in [1.29, 1.82) is 0 Å². The minimum absolute atomic E-state index is 0.00506. The largest absolute Gasteiger partial charge is 0.350 e. The molecule has 0 aliphatic rings. The van der Waals surface area contributed by atoms with Gasteiger partial charge >= 0.3 is 0 Å². The zero-order chi connectivity index (χ0) is 13.9. The number of pyridine rings is 1. The number of nitrogens with one attached hydrogen (secondary N) is 3. The van der Waals surface area contributed by atoms with E-state index in [9.17, 15) is 4.79 Å². The van der Waals surface area contributed by atoms with Crippen LogP contribution in [0.15, 0.2) is 24.5 Å². The molecule has 1 amide bonds. The zero-order valence-electron chi connectivity index (χ0n) is 11.6. The molecule has 2 heterocycles. The monoisotopic (exact) mass is 260 g/mol. The van der Waals surface area contributed by atoms with Crippen molar-refractivity contribution in [3.63, 3.8) is 0 Å². The van der Waals surface area contributed by atoms with Gasteiger partial charge in [-0.05, 0) is 38.5 Å². The first-order valence-corrected chi connectivity index (χ1v) is 6.38. The average Bonchev–Trinajstić information content (AvgIpc) is 2.70. The van der Waals surface area contributed by atoms with Crippen LogP contribution in [-0.2, 0) is 11.3 Å². The Hall–Kier alpha value is -1.88. The molecule has 0 atom stereocenters. The second-order valence-electron chi connectivity index (χ2n) is 5.62. The van der Waals surface area contributed by atoms with Crippen LogP contribution in [0.25, 0.3) is 11.0 Å². The summed E-state index contributed by atoms with van der Waals surface area (Å²) in [7, 11) is 0. The summed E-state index contributed by atoms with van der Waals surface area (Å²) in [6, 6.07) is 3.93. The lowest BCUT2D eigenvalue weighted by atomic mass is 10.1. The van der Waals surface area contributed by atoms with Gasteiger partial charge in [0.25, 0.3) is 0 Å². The third-order valence-electron chi connectivity index (χ3n) is 2.65. The second kappa shape index (κ2) is 5.40. The van der Waals surface area contributed by atoms with E-state index < -0.39 is 0 Å². The van der Waals surface area contributed by atoms with E-state index in [1.807, 2.05) is 39.1 Å². The van der Waals surface area contributed by atoms with Gasteiger partial charge in [0.1, 0.15) is 5.65 Å². The summed E-state index contributed by atoms with van der Waals surface area (Å²) < 4.78 is 0. The molecule has 5 nitrogen and oxygen atoms in total. The Bertz CT molecular complexity index is 568. The Morgan fingerprint density at radius 2 is 2.21 bits per heavy atom. The van der Waals surface area contributed by atoms with Crippen LogP contribution in [0.5, 0.6) is 0 Å². The smallest absolute Gasteiger partial charge is 0.234 e. The summed E-state index contributed by atoms with van der Waals surface area (Å²) in [6.45, 7) is 6.86. The van der Waals surface area contributed by atoms with Crippen molar-refractivity contribution in [1.82, 2.24) is 20.6 Å². The maximum Gasteiger partial charge on any atom is 0.234 e. The summed E-state index contributed by atoms with van der Waals surface area (Å²) in [4.78, 5) is 19.0. The van der Waals surface area contributed by atoms with Crippen LogP contribution in [0.3, 0.4) is 0 Å². The van der Waals surface area contributed by atoms with Crippen molar-refractivity contribution < 1.29 is 4.79 Å². The number of hydrogen-bond donors (Lipinski definition) is 3. The first-order valence-electron chi connectivity index (χ1n) is 6.38. The highest BCUT2D eigenvalue weighted by atomic mass is 16.2. The molecule has 0 spiro atoms. The highest BCUT2D eigenvalue weighted by Gasteiger charge is 2.13. The Balaban J connectivity index is 1.88. The van der Waals surface area contributed by atoms with E-state index in [4.69, 9.17) is 0 Å². The summed E-state index contributed by atoms with van der Waals surface area (Å²) in [6.07, 6.45) is 3.68. The molecule has 0 aliphatic carbocycles. The van der Waals surface area contributed by atoms with Crippen molar-refractivity contribution in [3.8, 4) is 0 Å². The van der Waals surface area contributed by atoms with Crippen LogP contribution in [0.4, 0.5) is 0 Å². The molecular formula is C14H20N4O. The summed E-state index contributed by atoms with van der Waals surface area (Å²) in [5.41, 5.74) is 1.80. The quantitative estimate of drug-likeness (QED) is 0.781. The molecule has 0 aromatic carbocycles. The number of fused-ring (bicyclic) bond motifs is 1. The van der Waals surface area contributed by atoms with Crippen molar-refractivity contribution in [2.24, 2.45) is 0 Å². The fourth-order valence-electron chi connectivity index (χ4n) is 1.93. The molecule has 0 radical (unpaired) electrons. The van der Waals surface area contributed by atoms with E-state index in [-0.39, 0.29) is 11.4 Å². The Morgan fingerprint density at radius 1 is 1.42 bits per heavy atom. The molecular weight excluding hydrogens is 240 g/mol. The molecule has 0 bridgehead atoms. The third-order valence-corrected chi connectivity index (χ3v) is 2.65. The lowest BCUT2D eigenvalue weighted by Crippen LogP contribution is -2.44. The number of rotatable bonds is 4. The third kappa shape index (κ3) is 3.79. The fraction of sp³-hybridized carbons (Fsp3) is 0.429. The molecule has 0 saturated heterocycles. The van der Waals surface area contributed by atoms with Gasteiger partial charge in [0.05, 0.1) is 6.54 Å². The number of carbonyl (C=O) groups excluding carboxylic acids is 1. The van der Waals surface area contributed by atoms with E-state index >= 15 is 0 Å². The number of nitrogens with zero attached hydrogens (tertiary/aromatic N) is 1. The Labute approximate surface area is 112 Å². The van der Waals surface area contributed by atoms with Gasteiger partial charge in [-0.25, -0.2) is 4.98 Å². The average molecular weight is 260 g/mol. The normalized spacial score (nSPS) is 11.7. The van der Waals surface area contributed by atoms with E-state index in [1.54, 1.807) is 6.20 Å². The molecule has 102 valence electrons. The molecule has 0 saturated carbocycles. The standard InChI is InChI=1S/C14H20N4O/c1-14(2,3)18-12(19)9-15-7-10-8-17-13-11(10)5-4-6-16-13/h4-6,8,15H,7,9H2,1-3H3,(H,16,17)(H,18,19). The van der Waals surface area contributed by atoms with Gasteiger partial charge < -0.3 is 15.6 Å². The van der Waals surface area contributed by atoms with Crippen LogP contribution in [0, 0.1) is 0 Å². The molecule has 2 aromatic heterocycles. The molecule has 0 unspecified atom stereocenters. The van der Waals surface area contributed by atoms with Gasteiger partial charge in [-0.1, -0.05) is 0 Å². The van der Waals surface area contributed by atoms with Crippen molar-refractivity contribution in [3.05, 3.63) is 30.1 Å². The number of aromatic nitrogens is 2. The van der Waals surface area contributed by atoms with E-state index in [2.05, 4.69) is 20.6 Å². The van der Waals surface area contributed by atoms with Crippen LogP contribution in [0.1, 0.15) is 26.3 Å². The van der Waals surface area contributed by atoms with E-state index in [0.717, 1.165) is 16.6 Å². The van der Waals surface area contributed by atoms with Gasteiger partial charge in [0.2, 0.25) is 5.91 Å². The summed E-state index contributed by atoms with van der Waals surface area (Å²) in [5.74, 6) is 0.00506. The molecule has 19 heavy (non-hydrogen) atoms. The second-order valence-corrected chi connectivity index (χ2v) is 5.62. The van der Waals surface area contributed by atoms with Gasteiger partial charge in [-0.2, -0.15) is 0 Å². The topological polar surface area (TPSA) is 69.8 Å². The SMILES string of the molecule is CC(C)(C)NC(=O)CNCc1c[nH]c2ncccc12. The highest BCUT2D eigenvalue weighted by Crippen LogP contribution is 2.14. The van der Waals surface area contributed by atoms with E-state index in [0.29, 0.717) is 13.1 Å². The van der Waals surface area contributed by atoms with Crippen molar-refractivity contribution in [2.45, 2.75) is 32.9 Å². The number of carbonyl (C=O) groups is 1. The van der Waals surface area contributed by atoms with Crippen LogP contribution in [0.2, 0.25) is 0 Å². The number of H-pyrrole nitrogens is 1. The van der Waals surface area contributed by atoms with Crippen LogP contribution in [-0.4, -0.2) is 28.0 Å². The minimum Gasteiger partial charge on any atom is -0.350 e. The fourth-order valence-corrected chi connectivity index (χ4v) is 1.93. The summed E-state index contributed by atoms with van der Waals surface area (Å²) in [5, 5.41) is 7.15. The van der Waals surface area contributed by atoms with Crippen LogP contribution >= 0.6 is 0 Å². The maximum atomic E-state index is 11.7. The first kappa shape index (κ1) is 13.5. The molecule has 5 heteroatoms. The lowest BCUT2D eigenvalue weighted by Gasteiger charge is -2.20. The Kier molecular flexibility index (Phi) is 3.85. The Morgan fingerprint density at radius 3 is 2.95 bits per heavy atom. The van der Waals surface area contributed by atoms with E-state index in [1.165, 1.54) is 0 Å². The number of amides is 1. The highest BCUT2D eigenvalue weighted by molar-refractivity contribution is 5.80. The van der Waals surface area contributed by atoms with Gasteiger partial charge in [-0.15, -0.1) is 0 Å². The molecule has 0 aliphatic heterocycles. The zero-order valence-corrected chi connectivity index (χ0v) is 11.6. The minimum atomic E-state index is -0.191. The van der Waals surface area contributed by atoms with Crippen molar-refractivity contribution in [2.75, 3.05) is 6.54 Å². The van der Waals surface area contributed by atoms with Crippen LogP contribution < -0.4 is 10.6 Å². The predicted octanol–water partition coefficient (Wildman–Crippen LogP) is 1.57. The molecule has 3 N–H and O–H groups in total. The maximum absolute atomic E-state index is 11.7. The first-order chi connectivity index (χ1) is 8.96.